The number of likely N-dealkylation sites (tertiary alicyclic amines) is 1. The maximum Gasteiger partial charge on any atom is 0.185 e. The minimum absolute atomic E-state index is 0.466. The molecule has 3 aromatic rings. The summed E-state index contributed by atoms with van der Waals surface area (Å²) in [5.41, 5.74) is 1.12. The molecule has 1 saturated heterocycles. The van der Waals surface area contributed by atoms with Crippen molar-refractivity contribution in [2.24, 2.45) is 0 Å². The number of hydrogen-bond donors (Lipinski definition) is 1. The summed E-state index contributed by atoms with van der Waals surface area (Å²) >= 11 is 10.8. The predicted molar refractivity (Wildman–Crippen MR) is 109 cm³/mol. The van der Waals surface area contributed by atoms with Gasteiger partial charge < -0.3 is 4.90 Å². The first-order chi connectivity index (χ1) is 12.2. The molecule has 0 amide bonds. The number of rotatable bonds is 6. The fraction of sp³-hybridized carbons (Fsp3) is 0.471. The first-order valence-corrected chi connectivity index (χ1v) is 11.7. The third-order valence-electron chi connectivity index (χ3n) is 4.46. The lowest BCUT2D eigenvalue weighted by molar-refractivity contribution is -0.941. The highest BCUT2D eigenvalue weighted by Gasteiger charge is 2.33. The smallest absolute Gasteiger partial charge is 0.185 e. The summed E-state index contributed by atoms with van der Waals surface area (Å²) in [6.07, 6.45) is 3.60. The minimum atomic E-state index is 0.466. The van der Waals surface area contributed by atoms with Crippen molar-refractivity contribution in [2.75, 3.05) is 12.3 Å². The van der Waals surface area contributed by atoms with E-state index in [1.165, 1.54) is 27.4 Å². The van der Waals surface area contributed by atoms with Gasteiger partial charge in [0.05, 0.1) is 16.8 Å². The van der Waals surface area contributed by atoms with Gasteiger partial charge in [-0.1, -0.05) is 42.2 Å². The third-order valence-corrected chi connectivity index (χ3v) is 8.26. The van der Waals surface area contributed by atoms with Crippen molar-refractivity contribution in [1.29, 1.82) is 0 Å². The van der Waals surface area contributed by atoms with Gasteiger partial charge >= 0.3 is 0 Å². The van der Waals surface area contributed by atoms with Crippen LogP contribution in [0.15, 0.2) is 28.6 Å². The molecule has 1 fully saturated rings. The first kappa shape index (κ1) is 17.6. The number of benzene rings is 1. The molecular weight excluding hydrogens is 388 g/mol. The van der Waals surface area contributed by atoms with Crippen molar-refractivity contribution in [3.05, 3.63) is 33.2 Å². The van der Waals surface area contributed by atoms with Gasteiger partial charge in [-0.05, 0) is 30.8 Å². The zero-order valence-corrected chi connectivity index (χ0v) is 17.4. The van der Waals surface area contributed by atoms with Crippen molar-refractivity contribution in [3.63, 3.8) is 0 Å². The van der Waals surface area contributed by atoms with Gasteiger partial charge in [0.2, 0.25) is 0 Å². The van der Waals surface area contributed by atoms with Crippen LogP contribution in [0.4, 0.5) is 0 Å². The molecular formula is C17H21N4S4+. The number of nitrogens with zero attached hydrogens (tertiary/aromatic N) is 3. The molecule has 0 spiro atoms. The summed E-state index contributed by atoms with van der Waals surface area (Å²) < 4.78 is 5.30. The average Bonchev–Trinajstić information content (AvgIpc) is 3.31. The van der Waals surface area contributed by atoms with Crippen LogP contribution in [0.5, 0.6) is 0 Å². The Morgan fingerprint density at radius 2 is 2.24 bits per heavy atom. The molecule has 1 aliphatic rings. The van der Waals surface area contributed by atoms with Crippen LogP contribution in [0.2, 0.25) is 0 Å². The number of thioether (sulfide) groups is 1. The van der Waals surface area contributed by atoms with Crippen LogP contribution < -0.4 is 4.90 Å². The molecule has 4 rings (SSSR count). The molecule has 2 atom stereocenters. The van der Waals surface area contributed by atoms with Crippen molar-refractivity contribution >= 4 is 56.9 Å². The number of fused-ring (bicyclic) bond motifs is 1. The largest absolute Gasteiger partial charge is 0.308 e. The monoisotopic (exact) mass is 409 g/mol. The van der Waals surface area contributed by atoms with Crippen LogP contribution in [-0.4, -0.2) is 27.1 Å². The fourth-order valence-corrected chi connectivity index (χ4v) is 6.68. The van der Waals surface area contributed by atoms with Crippen molar-refractivity contribution < 1.29 is 4.90 Å². The molecule has 2 aromatic heterocycles. The summed E-state index contributed by atoms with van der Waals surface area (Å²) in [5.74, 6) is 1.10. The Kier molecular flexibility index (Phi) is 5.52. The van der Waals surface area contributed by atoms with E-state index in [-0.39, 0.29) is 0 Å². The Morgan fingerprint density at radius 1 is 1.36 bits per heavy atom. The lowest BCUT2D eigenvalue weighted by Gasteiger charge is -2.19. The van der Waals surface area contributed by atoms with Crippen LogP contribution in [-0.2, 0) is 6.67 Å². The molecule has 0 radical (unpaired) electrons. The van der Waals surface area contributed by atoms with Gasteiger partial charge in [-0.15, -0.1) is 16.4 Å². The summed E-state index contributed by atoms with van der Waals surface area (Å²) in [6.45, 7) is 4.21. The van der Waals surface area contributed by atoms with E-state index in [1.54, 1.807) is 11.3 Å². The molecule has 4 nitrogen and oxygen atoms in total. The highest BCUT2D eigenvalue weighted by molar-refractivity contribution is 8.01. The molecule has 3 heterocycles. The third kappa shape index (κ3) is 3.83. The number of aromatic nitrogens is 3. The summed E-state index contributed by atoms with van der Waals surface area (Å²) in [4.78, 5) is 6.43. The number of quaternary nitrogens is 1. The number of para-hydroxylation sites is 1. The van der Waals surface area contributed by atoms with E-state index in [0.29, 0.717) is 6.04 Å². The van der Waals surface area contributed by atoms with E-state index in [1.807, 2.05) is 27.8 Å². The second kappa shape index (κ2) is 7.84. The van der Waals surface area contributed by atoms with Gasteiger partial charge in [0, 0.05) is 18.6 Å². The van der Waals surface area contributed by atoms with E-state index < -0.39 is 0 Å². The Balaban J connectivity index is 1.53. The molecule has 1 unspecified atom stereocenters. The highest BCUT2D eigenvalue weighted by Crippen LogP contribution is 2.29. The maximum atomic E-state index is 5.54. The van der Waals surface area contributed by atoms with Crippen molar-refractivity contribution in [3.8, 4) is 0 Å². The van der Waals surface area contributed by atoms with E-state index in [4.69, 9.17) is 22.3 Å². The van der Waals surface area contributed by atoms with Gasteiger partial charge in [0.15, 0.2) is 20.0 Å². The molecule has 25 heavy (non-hydrogen) atoms. The van der Waals surface area contributed by atoms with E-state index in [0.717, 1.165) is 39.2 Å². The number of nitrogens with one attached hydrogen (secondary N) is 1. The zero-order chi connectivity index (χ0) is 17.2. The minimum Gasteiger partial charge on any atom is -0.308 e. The van der Waals surface area contributed by atoms with Crippen LogP contribution in [0.3, 0.4) is 0 Å². The SMILES string of the molecule is CCCSc1nn(C[NH+]2CCC[C@@H]2c2nc3ccccc3s2)c(=S)s1. The molecule has 1 aliphatic heterocycles. The molecule has 1 N–H and O–H groups in total. The number of thiazole rings is 1. The topological polar surface area (TPSA) is 35.2 Å². The molecule has 0 aliphatic carbocycles. The molecule has 0 bridgehead atoms. The van der Waals surface area contributed by atoms with Gasteiger partial charge in [0.25, 0.3) is 0 Å². The van der Waals surface area contributed by atoms with Gasteiger partial charge in [0.1, 0.15) is 6.04 Å². The van der Waals surface area contributed by atoms with Gasteiger partial charge in [-0.25, -0.2) is 4.98 Å². The fourth-order valence-electron chi connectivity index (χ4n) is 3.27. The predicted octanol–water partition coefficient (Wildman–Crippen LogP) is 4.16. The van der Waals surface area contributed by atoms with Crippen LogP contribution >= 0.6 is 46.7 Å². The second-order valence-electron chi connectivity index (χ2n) is 6.26. The zero-order valence-electron chi connectivity index (χ0n) is 14.1. The highest BCUT2D eigenvalue weighted by atomic mass is 32.2. The molecule has 132 valence electrons. The van der Waals surface area contributed by atoms with Crippen LogP contribution in [0.25, 0.3) is 10.2 Å². The van der Waals surface area contributed by atoms with Gasteiger partial charge in [-0.3, -0.25) is 0 Å². The molecule has 1 aromatic carbocycles. The Bertz CT molecular complexity index is 880. The number of hydrogen-bond acceptors (Lipinski definition) is 6. The Morgan fingerprint density at radius 3 is 3.08 bits per heavy atom. The van der Waals surface area contributed by atoms with E-state index >= 15 is 0 Å². The van der Waals surface area contributed by atoms with E-state index in [9.17, 15) is 0 Å². The normalized spacial score (nSPS) is 20.5. The average molecular weight is 410 g/mol. The molecule has 0 saturated carbocycles. The summed E-state index contributed by atoms with van der Waals surface area (Å²) in [5, 5.41) is 6.00. The maximum absolute atomic E-state index is 5.54. The van der Waals surface area contributed by atoms with Crippen LogP contribution in [0, 0.1) is 3.95 Å². The Labute approximate surface area is 164 Å². The van der Waals surface area contributed by atoms with Crippen molar-refractivity contribution in [2.45, 2.75) is 43.2 Å². The summed E-state index contributed by atoms with van der Waals surface area (Å²) in [7, 11) is 0. The Hall–Kier alpha value is -0.800. The van der Waals surface area contributed by atoms with Gasteiger partial charge in [-0.2, -0.15) is 4.68 Å². The first-order valence-electron chi connectivity index (χ1n) is 8.65. The lowest BCUT2D eigenvalue weighted by Crippen LogP contribution is -3.09. The summed E-state index contributed by atoms with van der Waals surface area (Å²) in [6, 6.07) is 8.90. The van der Waals surface area contributed by atoms with E-state index in [2.05, 4.69) is 31.2 Å². The second-order valence-corrected chi connectivity index (χ2v) is 10.3. The lowest BCUT2D eigenvalue weighted by atomic mass is 10.2. The quantitative estimate of drug-likeness (QED) is 0.490. The van der Waals surface area contributed by atoms with Crippen molar-refractivity contribution in [1.82, 2.24) is 14.8 Å². The standard InChI is InChI=1S/C17H20N4S4/c1-2-10-23-16-19-21(17(22)25-16)11-20-9-5-7-13(20)15-18-12-6-3-4-8-14(12)24-15/h3-4,6,8,13H,2,5,7,9-11H2,1H3/p+1/t13-/m1/s1. The molecule has 8 heteroatoms. The van der Waals surface area contributed by atoms with Crippen LogP contribution in [0.1, 0.15) is 37.2 Å².